The van der Waals surface area contributed by atoms with Gasteiger partial charge in [-0.25, -0.2) is 9.78 Å². The molecule has 31 heavy (non-hydrogen) atoms. The second-order valence-electron chi connectivity index (χ2n) is 7.36. The number of aryl methyl sites for hydroxylation is 1. The monoisotopic (exact) mass is 415 g/mol. The van der Waals surface area contributed by atoms with Gasteiger partial charge in [-0.05, 0) is 61.4 Å². The third-order valence-electron chi connectivity index (χ3n) is 5.48. The number of methoxy groups -OCH3 is 1. The topological polar surface area (TPSA) is 63.7 Å². The summed E-state index contributed by atoms with van der Waals surface area (Å²) in [5.41, 5.74) is 5.85. The van der Waals surface area contributed by atoms with Crippen molar-refractivity contribution in [3.05, 3.63) is 71.8 Å². The molecule has 0 spiro atoms. The second-order valence-corrected chi connectivity index (χ2v) is 7.36. The van der Waals surface area contributed by atoms with Crippen LogP contribution in [0.15, 0.2) is 60.7 Å². The van der Waals surface area contributed by atoms with Crippen LogP contribution in [-0.4, -0.2) is 32.0 Å². The maximum atomic E-state index is 11.8. The van der Waals surface area contributed by atoms with E-state index in [2.05, 4.69) is 31.3 Å². The molecule has 0 aliphatic carbocycles. The van der Waals surface area contributed by atoms with Crippen molar-refractivity contribution in [2.75, 3.05) is 25.8 Å². The minimum atomic E-state index is -0.480. The molecule has 0 saturated carbocycles. The van der Waals surface area contributed by atoms with Crippen molar-refractivity contribution < 1.29 is 14.3 Å². The van der Waals surface area contributed by atoms with Gasteiger partial charge in [0.15, 0.2) is 6.73 Å². The number of alkyl carbamates (subject to hydrolysis) is 1. The van der Waals surface area contributed by atoms with Gasteiger partial charge in [0.1, 0.15) is 5.75 Å². The van der Waals surface area contributed by atoms with Crippen LogP contribution in [0.3, 0.4) is 0 Å². The number of nitrogens with zero attached hydrogens (tertiary/aromatic N) is 2. The van der Waals surface area contributed by atoms with Gasteiger partial charge in [0, 0.05) is 29.6 Å². The predicted molar refractivity (Wildman–Crippen MR) is 124 cm³/mol. The predicted octanol–water partition coefficient (Wildman–Crippen LogP) is 5.47. The van der Waals surface area contributed by atoms with E-state index in [4.69, 9.17) is 14.5 Å². The molecule has 4 rings (SSSR count). The highest BCUT2D eigenvalue weighted by Gasteiger charge is 2.19. The molecular weight excluding hydrogens is 390 g/mol. The molecular formula is C25H25N3O3. The van der Waals surface area contributed by atoms with Crippen LogP contribution in [0, 0.1) is 13.8 Å². The summed E-state index contributed by atoms with van der Waals surface area (Å²) in [6.45, 7) is 4.22. The van der Waals surface area contributed by atoms with Crippen LogP contribution in [-0.2, 0) is 4.74 Å². The van der Waals surface area contributed by atoms with Crippen LogP contribution >= 0.6 is 0 Å². The Labute approximate surface area is 181 Å². The summed E-state index contributed by atoms with van der Waals surface area (Å²) in [5, 5.41) is 4.51. The van der Waals surface area contributed by atoms with Crippen LogP contribution in [0.1, 0.15) is 11.1 Å². The standard InChI is InChI=1S/C25H25N3O3/c1-16-12-23-21(13-18-10-11-20(30-4)14-22(18)27-23)24(17(16)2)28(15-31-25(29)26-3)19-8-6-5-7-9-19/h5-14H,15H2,1-4H3,(H,26,29). The fourth-order valence-corrected chi connectivity index (χ4v) is 3.71. The minimum Gasteiger partial charge on any atom is -0.497 e. The summed E-state index contributed by atoms with van der Waals surface area (Å²) in [4.78, 5) is 18.8. The van der Waals surface area contributed by atoms with Crippen LogP contribution in [0.5, 0.6) is 5.75 Å². The van der Waals surface area contributed by atoms with Crippen LogP contribution in [0.25, 0.3) is 21.8 Å². The maximum Gasteiger partial charge on any atom is 0.408 e. The number of hydrogen-bond donors (Lipinski definition) is 1. The van der Waals surface area contributed by atoms with Gasteiger partial charge in [-0.1, -0.05) is 18.2 Å². The molecule has 0 aliphatic heterocycles. The molecule has 0 unspecified atom stereocenters. The van der Waals surface area contributed by atoms with Crippen molar-refractivity contribution in [1.29, 1.82) is 0 Å². The fraction of sp³-hybridized carbons (Fsp3) is 0.200. The van der Waals surface area contributed by atoms with Crippen molar-refractivity contribution in [2.24, 2.45) is 0 Å². The molecule has 1 N–H and O–H groups in total. The molecule has 6 heteroatoms. The Morgan fingerprint density at radius 2 is 1.81 bits per heavy atom. The van der Waals surface area contributed by atoms with Crippen LogP contribution in [0.2, 0.25) is 0 Å². The van der Waals surface area contributed by atoms with E-state index in [0.717, 1.165) is 50.1 Å². The van der Waals surface area contributed by atoms with Gasteiger partial charge in [-0.2, -0.15) is 0 Å². The molecule has 0 atom stereocenters. The molecule has 0 saturated heterocycles. The van der Waals surface area contributed by atoms with Gasteiger partial charge in [-0.3, -0.25) is 0 Å². The largest absolute Gasteiger partial charge is 0.497 e. The highest BCUT2D eigenvalue weighted by atomic mass is 16.6. The smallest absolute Gasteiger partial charge is 0.408 e. The number of pyridine rings is 1. The molecule has 1 heterocycles. The Bertz CT molecular complexity index is 1260. The average Bonchev–Trinajstić information content (AvgIpc) is 2.80. The zero-order chi connectivity index (χ0) is 22.0. The molecule has 4 aromatic rings. The fourth-order valence-electron chi connectivity index (χ4n) is 3.71. The highest BCUT2D eigenvalue weighted by Crippen LogP contribution is 2.38. The number of benzene rings is 3. The third-order valence-corrected chi connectivity index (χ3v) is 5.48. The summed E-state index contributed by atoms with van der Waals surface area (Å²) in [6.07, 6.45) is -0.480. The normalized spacial score (nSPS) is 10.8. The number of hydrogen-bond acceptors (Lipinski definition) is 5. The summed E-state index contributed by atoms with van der Waals surface area (Å²) < 4.78 is 10.8. The lowest BCUT2D eigenvalue weighted by molar-refractivity contribution is 0.151. The summed E-state index contributed by atoms with van der Waals surface area (Å²) in [5.74, 6) is 0.772. The Morgan fingerprint density at radius 1 is 1.03 bits per heavy atom. The van der Waals surface area contributed by atoms with E-state index < -0.39 is 6.09 Å². The van der Waals surface area contributed by atoms with E-state index in [-0.39, 0.29) is 6.73 Å². The van der Waals surface area contributed by atoms with E-state index in [0.29, 0.717) is 0 Å². The van der Waals surface area contributed by atoms with Crippen molar-refractivity contribution >= 4 is 39.3 Å². The lowest BCUT2D eigenvalue weighted by Gasteiger charge is -2.28. The van der Waals surface area contributed by atoms with Crippen molar-refractivity contribution in [2.45, 2.75) is 13.8 Å². The number of rotatable bonds is 5. The van der Waals surface area contributed by atoms with E-state index in [1.807, 2.05) is 53.4 Å². The number of carbonyl (C=O) groups excluding carboxylic acids is 1. The van der Waals surface area contributed by atoms with Crippen LogP contribution < -0.4 is 15.0 Å². The summed E-state index contributed by atoms with van der Waals surface area (Å²) >= 11 is 0. The molecule has 6 nitrogen and oxygen atoms in total. The van der Waals surface area contributed by atoms with Crippen LogP contribution in [0.4, 0.5) is 16.2 Å². The van der Waals surface area contributed by atoms with Gasteiger partial charge < -0.3 is 19.7 Å². The first-order valence-electron chi connectivity index (χ1n) is 10.1. The second kappa shape index (κ2) is 8.52. The Kier molecular flexibility index (Phi) is 5.62. The molecule has 1 amide bonds. The molecule has 0 bridgehead atoms. The molecule has 0 aliphatic rings. The molecule has 0 fully saturated rings. The van der Waals surface area contributed by atoms with Gasteiger partial charge in [0.05, 0.1) is 23.8 Å². The molecule has 1 aromatic heterocycles. The van der Waals surface area contributed by atoms with Gasteiger partial charge in [0.25, 0.3) is 0 Å². The van der Waals surface area contributed by atoms with E-state index in [9.17, 15) is 4.79 Å². The summed E-state index contributed by atoms with van der Waals surface area (Å²) in [7, 11) is 3.20. The van der Waals surface area contributed by atoms with E-state index >= 15 is 0 Å². The molecule has 158 valence electrons. The number of fused-ring (bicyclic) bond motifs is 2. The SMILES string of the molecule is CNC(=O)OCN(c1ccccc1)c1c(C)c(C)cc2nc3cc(OC)ccc3cc12. The Balaban J connectivity index is 1.96. The van der Waals surface area contributed by atoms with Gasteiger partial charge in [-0.15, -0.1) is 0 Å². The molecule has 0 radical (unpaired) electrons. The first-order valence-corrected chi connectivity index (χ1v) is 10.1. The lowest BCUT2D eigenvalue weighted by atomic mass is 10.00. The number of para-hydroxylation sites is 1. The number of aromatic nitrogens is 1. The first-order chi connectivity index (χ1) is 15.0. The quantitative estimate of drug-likeness (QED) is 0.346. The average molecular weight is 415 g/mol. The van der Waals surface area contributed by atoms with Crippen molar-refractivity contribution in [3.8, 4) is 5.75 Å². The first kappa shape index (κ1) is 20.5. The van der Waals surface area contributed by atoms with Crippen molar-refractivity contribution in [1.82, 2.24) is 10.3 Å². The highest BCUT2D eigenvalue weighted by molar-refractivity contribution is 6.02. The number of amides is 1. The van der Waals surface area contributed by atoms with Crippen molar-refractivity contribution in [3.63, 3.8) is 0 Å². The van der Waals surface area contributed by atoms with E-state index in [1.165, 1.54) is 0 Å². The number of nitrogens with one attached hydrogen (secondary N) is 1. The van der Waals surface area contributed by atoms with Gasteiger partial charge in [0.2, 0.25) is 0 Å². The molecule has 3 aromatic carbocycles. The number of anilines is 2. The zero-order valence-corrected chi connectivity index (χ0v) is 18.1. The number of ether oxygens (including phenoxy) is 2. The Hall–Kier alpha value is -3.80. The third kappa shape index (κ3) is 3.97. The van der Waals surface area contributed by atoms with E-state index in [1.54, 1.807) is 14.2 Å². The lowest BCUT2D eigenvalue weighted by Crippen LogP contribution is -2.28. The zero-order valence-electron chi connectivity index (χ0n) is 18.1. The number of carbonyl (C=O) groups is 1. The maximum absolute atomic E-state index is 11.8. The summed E-state index contributed by atoms with van der Waals surface area (Å²) in [6, 6.07) is 20.0. The van der Waals surface area contributed by atoms with Gasteiger partial charge >= 0.3 is 6.09 Å². The minimum absolute atomic E-state index is 0.0731. The Morgan fingerprint density at radius 3 is 2.52 bits per heavy atom.